The third-order valence-corrected chi connectivity index (χ3v) is 3.95. The van der Waals surface area contributed by atoms with Gasteiger partial charge in [0, 0.05) is 10.4 Å². The normalized spacial score (nSPS) is 14.8. The zero-order valence-corrected chi connectivity index (χ0v) is 12.0. The van der Waals surface area contributed by atoms with E-state index in [0.29, 0.717) is 12.3 Å². The molecule has 0 amide bonds. The Morgan fingerprint density at radius 3 is 2.62 bits per heavy atom. The third-order valence-electron chi connectivity index (χ3n) is 2.81. The standard InChI is InChI=1S/C13H17BrClF/c1-3-6-13(2,9-15)8-10-4-5-11(14)7-12(10)16/h4-5,7H,3,6,8-9H2,1-2H3. The number of hydrogen-bond acceptors (Lipinski definition) is 0. The molecule has 3 heteroatoms. The first-order valence-corrected chi connectivity index (χ1v) is 6.83. The molecule has 0 aliphatic heterocycles. The lowest BCUT2D eigenvalue weighted by Crippen LogP contribution is -2.22. The first kappa shape index (κ1) is 14.0. The summed E-state index contributed by atoms with van der Waals surface area (Å²) in [6, 6.07) is 5.22. The van der Waals surface area contributed by atoms with E-state index in [0.717, 1.165) is 22.9 Å². The van der Waals surface area contributed by atoms with Gasteiger partial charge in [0.05, 0.1) is 0 Å². The summed E-state index contributed by atoms with van der Waals surface area (Å²) in [5.74, 6) is 0.415. The minimum atomic E-state index is -0.151. The Hall–Kier alpha value is -0.0800. The number of rotatable bonds is 5. The van der Waals surface area contributed by atoms with Gasteiger partial charge in [-0.15, -0.1) is 11.6 Å². The Morgan fingerprint density at radius 2 is 2.12 bits per heavy atom. The lowest BCUT2D eigenvalue weighted by atomic mass is 9.81. The van der Waals surface area contributed by atoms with Crippen molar-refractivity contribution < 1.29 is 4.39 Å². The molecule has 1 unspecified atom stereocenters. The zero-order chi connectivity index (χ0) is 12.2. The highest BCUT2D eigenvalue weighted by Gasteiger charge is 2.24. The van der Waals surface area contributed by atoms with Crippen LogP contribution in [0.25, 0.3) is 0 Å². The fraction of sp³-hybridized carbons (Fsp3) is 0.538. The lowest BCUT2D eigenvalue weighted by Gasteiger charge is -2.27. The summed E-state index contributed by atoms with van der Waals surface area (Å²) in [6.07, 6.45) is 2.79. The molecule has 0 radical (unpaired) electrons. The van der Waals surface area contributed by atoms with Crippen LogP contribution < -0.4 is 0 Å². The van der Waals surface area contributed by atoms with Gasteiger partial charge in [-0.05, 0) is 36.0 Å². The molecule has 0 heterocycles. The van der Waals surface area contributed by atoms with Gasteiger partial charge in [0.1, 0.15) is 5.82 Å². The van der Waals surface area contributed by atoms with E-state index in [2.05, 4.69) is 29.8 Å². The molecule has 0 N–H and O–H groups in total. The molecule has 90 valence electrons. The highest BCUT2D eigenvalue weighted by molar-refractivity contribution is 9.10. The van der Waals surface area contributed by atoms with Gasteiger partial charge in [-0.25, -0.2) is 4.39 Å². The average molecular weight is 308 g/mol. The van der Waals surface area contributed by atoms with Gasteiger partial charge in [0.2, 0.25) is 0 Å². The molecule has 0 saturated heterocycles. The summed E-state index contributed by atoms with van der Waals surface area (Å²) in [5, 5.41) is 0. The quantitative estimate of drug-likeness (QED) is 0.658. The van der Waals surface area contributed by atoms with Crippen molar-refractivity contribution in [2.45, 2.75) is 33.1 Å². The van der Waals surface area contributed by atoms with Crippen LogP contribution in [0.2, 0.25) is 0 Å². The van der Waals surface area contributed by atoms with E-state index in [4.69, 9.17) is 11.6 Å². The van der Waals surface area contributed by atoms with Crippen LogP contribution in [-0.2, 0) is 6.42 Å². The van der Waals surface area contributed by atoms with E-state index < -0.39 is 0 Å². The van der Waals surface area contributed by atoms with Crippen LogP contribution in [0.3, 0.4) is 0 Å². The van der Waals surface area contributed by atoms with Crippen LogP contribution in [0.5, 0.6) is 0 Å². The fourth-order valence-corrected chi connectivity index (χ4v) is 2.49. The van der Waals surface area contributed by atoms with E-state index in [1.54, 1.807) is 0 Å². The van der Waals surface area contributed by atoms with Crippen molar-refractivity contribution in [3.05, 3.63) is 34.1 Å². The highest BCUT2D eigenvalue weighted by atomic mass is 79.9. The summed E-state index contributed by atoms with van der Waals surface area (Å²) in [7, 11) is 0. The van der Waals surface area contributed by atoms with Gasteiger partial charge in [-0.3, -0.25) is 0 Å². The number of alkyl halides is 1. The monoisotopic (exact) mass is 306 g/mol. The lowest BCUT2D eigenvalue weighted by molar-refractivity contribution is 0.330. The molecule has 0 aromatic heterocycles. The third kappa shape index (κ3) is 3.74. The Morgan fingerprint density at radius 1 is 1.44 bits per heavy atom. The minimum absolute atomic E-state index is 0.00895. The molecular formula is C13H17BrClF. The molecule has 0 spiro atoms. The van der Waals surface area contributed by atoms with Gasteiger partial charge in [0.25, 0.3) is 0 Å². The van der Waals surface area contributed by atoms with Crippen LogP contribution in [0, 0.1) is 11.2 Å². The molecule has 1 atom stereocenters. The van der Waals surface area contributed by atoms with Gasteiger partial charge in [-0.2, -0.15) is 0 Å². The molecule has 0 fully saturated rings. The highest BCUT2D eigenvalue weighted by Crippen LogP contribution is 2.31. The average Bonchev–Trinajstić information content (AvgIpc) is 2.23. The Labute approximate surface area is 110 Å². The van der Waals surface area contributed by atoms with E-state index in [1.807, 2.05) is 12.1 Å². The molecule has 0 aliphatic rings. The molecule has 0 nitrogen and oxygen atoms in total. The second-order valence-electron chi connectivity index (χ2n) is 4.61. The van der Waals surface area contributed by atoms with Crippen LogP contribution in [-0.4, -0.2) is 5.88 Å². The van der Waals surface area contributed by atoms with Crippen molar-refractivity contribution in [1.82, 2.24) is 0 Å². The maximum Gasteiger partial charge on any atom is 0.127 e. The fourth-order valence-electron chi connectivity index (χ4n) is 1.93. The van der Waals surface area contributed by atoms with Crippen molar-refractivity contribution in [2.75, 3.05) is 5.88 Å². The van der Waals surface area contributed by atoms with Crippen LogP contribution in [0.15, 0.2) is 22.7 Å². The second-order valence-corrected chi connectivity index (χ2v) is 5.79. The number of benzene rings is 1. The number of halogens is 3. The van der Waals surface area contributed by atoms with E-state index >= 15 is 0 Å². The first-order valence-electron chi connectivity index (χ1n) is 5.50. The predicted octanol–water partition coefficient (Wildman–Crippen LogP) is 5.18. The smallest absolute Gasteiger partial charge is 0.127 e. The van der Waals surface area contributed by atoms with Crippen LogP contribution in [0.1, 0.15) is 32.3 Å². The molecule has 0 bridgehead atoms. The maximum absolute atomic E-state index is 13.7. The second kappa shape index (κ2) is 6.02. The van der Waals surface area contributed by atoms with Gasteiger partial charge >= 0.3 is 0 Å². The van der Waals surface area contributed by atoms with Crippen molar-refractivity contribution in [3.8, 4) is 0 Å². The SMILES string of the molecule is CCCC(C)(CCl)Cc1ccc(Br)cc1F. The Bertz CT molecular complexity index is 354. The Kier molecular flexibility index (Phi) is 5.26. The van der Waals surface area contributed by atoms with Gasteiger partial charge in [-0.1, -0.05) is 42.3 Å². The topological polar surface area (TPSA) is 0 Å². The maximum atomic E-state index is 13.7. The largest absolute Gasteiger partial charge is 0.207 e. The molecule has 0 saturated carbocycles. The summed E-state index contributed by atoms with van der Waals surface area (Å²) >= 11 is 9.25. The van der Waals surface area contributed by atoms with Crippen molar-refractivity contribution in [1.29, 1.82) is 0 Å². The number of hydrogen-bond donors (Lipinski definition) is 0. The molecule has 1 rings (SSSR count). The predicted molar refractivity (Wildman–Crippen MR) is 71.5 cm³/mol. The summed E-state index contributed by atoms with van der Waals surface area (Å²) in [6.45, 7) is 4.24. The summed E-state index contributed by atoms with van der Waals surface area (Å²) in [4.78, 5) is 0. The van der Waals surface area contributed by atoms with E-state index in [9.17, 15) is 4.39 Å². The van der Waals surface area contributed by atoms with Crippen LogP contribution >= 0.6 is 27.5 Å². The first-order chi connectivity index (χ1) is 7.50. The molecule has 1 aromatic carbocycles. The summed E-state index contributed by atoms with van der Waals surface area (Å²) in [5.41, 5.74) is 0.741. The van der Waals surface area contributed by atoms with Gasteiger partial charge < -0.3 is 0 Å². The molecule has 0 aliphatic carbocycles. The van der Waals surface area contributed by atoms with Gasteiger partial charge in [0.15, 0.2) is 0 Å². The molecular weight excluding hydrogens is 290 g/mol. The summed E-state index contributed by atoms with van der Waals surface area (Å²) < 4.78 is 14.5. The molecule has 1 aromatic rings. The minimum Gasteiger partial charge on any atom is -0.207 e. The van der Waals surface area contributed by atoms with E-state index in [1.165, 1.54) is 6.07 Å². The van der Waals surface area contributed by atoms with E-state index in [-0.39, 0.29) is 11.2 Å². The van der Waals surface area contributed by atoms with Crippen molar-refractivity contribution in [2.24, 2.45) is 5.41 Å². The molecule has 16 heavy (non-hydrogen) atoms. The zero-order valence-electron chi connectivity index (χ0n) is 9.69. The van der Waals surface area contributed by atoms with Crippen molar-refractivity contribution >= 4 is 27.5 Å². The van der Waals surface area contributed by atoms with Crippen LogP contribution in [0.4, 0.5) is 4.39 Å². The Balaban J connectivity index is 2.85. The van der Waals surface area contributed by atoms with Crippen molar-refractivity contribution in [3.63, 3.8) is 0 Å².